The molecule has 0 atom stereocenters. The number of hydrogen-bond donors (Lipinski definition) is 0. The SMILES string of the molecule is CCCC(=O)OCc1cc2c(cc1Br)OCCO2. The van der Waals surface area contributed by atoms with Crippen LogP contribution in [0.2, 0.25) is 0 Å². The molecule has 1 heterocycles. The zero-order valence-electron chi connectivity index (χ0n) is 10.2. The van der Waals surface area contributed by atoms with E-state index in [4.69, 9.17) is 14.2 Å². The van der Waals surface area contributed by atoms with Crippen LogP contribution in [0.1, 0.15) is 25.3 Å². The summed E-state index contributed by atoms with van der Waals surface area (Å²) in [5.74, 6) is 1.24. The third-order valence-electron chi connectivity index (χ3n) is 2.55. The van der Waals surface area contributed by atoms with E-state index in [1.165, 1.54) is 0 Å². The number of fused-ring (bicyclic) bond motifs is 1. The second-order valence-electron chi connectivity index (χ2n) is 4.00. The van der Waals surface area contributed by atoms with Crippen molar-refractivity contribution in [1.29, 1.82) is 0 Å². The van der Waals surface area contributed by atoms with Crippen LogP contribution in [-0.4, -0.2) is 19.2 Å². The number of esters is 1. The largest absolute Gasteiger partial charge is 0.486 e. The summed E-state index contributed by atoms with van der Waals surface area (Å²) in [6, 6.07) is 3.69. The van der Waals surface area contributed by atoms with Gasteiger partial charge >= 0.3 is 5.97 Å². The van der Waals surface area contributed by atoms with E-state index in [1.54, 1.807) is 0 Å². The van der Waals surface area contributed by atoms with Crippen LogP contribution in [0.3, 0.4) is 0 Å². The fourth-order valence-electron chi connectivity index (χ4n) is 1.65. The Bertz CT molecular complexity index is 445. The first-order valence-electron chi connectivity index (χ1n) is 5.94. The molecule has 0 aliphatic carbocycles. The van der Waals surface area contributed by atoms with Crippen molar-refractivity contribution >= 4 is 21.9 Å². The second-order valence-corrected chi connectivity index (χ2v) is 4.85. The van der Waals surface area contributed by atoms with Crippen LogP contribution in [0, 0.1) is 0 Å². The van der Waals surface area contributed by atoms with Crippen molar-refractivity contribution in [1.82, 2.24) is 0 Å². The van der Waals surface area contributed by atoms with Gasteiger partial charge in [-0.15, -0.1) is 0 Å². The van der Waals surface area contributed by atoms with Crippen molar-refractivity contribution in [3.63, 3.8) is 0 Å². The highest BCUT2D eigenvalue weighted by molar-refractivity contribution is 9.10. The minimum atomic E-state index is -0.181. The van der Waals surface area contributed by atoms with Crippen LogP contribution in [0.25, 0.3) is 0 Å². The summed E-state index contributed by atoms with van der Waals surface area (Å²) in [6.07, 6.45) is 1.24. The number of carbonyl (C=O) groups excluding carboxylic acids is 1. The molecule has 0 N–H and O–H groups in total. The molecule has 0 bridgehead atoms. The third-order valence-corrected chi connectivity index (χ3v) is 3.29. The molecule has 5 heteroatoms. The standard InChI is InChI=1S/C13H15BrO4/c1-2-3-13(15)18-8-9-6-11-12(7-10(9)14)17-5-4-16-11/h6-7H,2-5,8H2,1H3. The number of rotatable bonds is 4. The van der Waals surface area contributed by atoms with Crippen LogP contribution in [0.5, 0.6) is 11.5 Å². The summed E-state index contributed by atoms with van der Waals surface area (Å²) in [4.78, 5) is 11.3. The number of carbonyl (C=O) groups is 1. The van der Waals surface area contributed by atoms with E-state index in [2.05, 4.69) is 15.9 Å². The lowest BCUT2D eigenvalue weighted by Crippen LogP contribution is -2.15. The van der Waals surface area contributed by atoms with Crippen LogP contribution in [0.15, 0.2) is 16.6 Å². The van der Waals surface area contributed by atoms with E-state index in [0.29, 0.717) is 25.4 Å². The normalized spacial score (nSPS) is 13.2. The highest BCUT2D eigenvalue weighted by atomic mass is 79.9. The summed E-state index contributed by atoms with van der Waals surface area (Å²) in [5, 5.41) is 0. The average Bonchev–Trinajstić information content (AvgIpc) is 2.36. The minimum Gasteiger partial charge on any atom is -0.486 e. The molecule has 0 fully saturated rings. The molecule has 0 spiro atoms. The van der Waals surface area contributed by atoms with Crippen molar-refractivity contribution in [2.75, 3.05) is 13.2 Å². The van der Waals surface area contributed by atoms with E-state index in [-0.39, 0.29) is 12.6 Å². The molecule has 0 saturated heterocycles. The molecule has 0 radical (unpaired) electrons. The Morgan fingerprint density at radius 2 is 2.00 bits per heavy atom. The topological polar surface area (TPSA) is 44.8 Å². The maximum Gasteiger partial charge on any atom is 0.306 e. The molecular weight excluding hydrogens is 300 g/mol. The van der Waals surface area contributed by atoms with E-state index in [1.807, 2.05) is 19.1 Å². The number of hydrogen-bond acceptors (Lipinski definition) is 4. The van der Waals surface area contributed by atoms with Crippen molar-refractivity contribution in [2.24, 2.45) is 0 Å². The summed E-state index contributed by atoms with van der Waals surface area (Å²) >= 11 is 3.44. The maximum absolute atomic E-state index is 11.3. The lowest BCUT2D eigenvalue weighted by Gasteiger charge is -2.19. The van der Waals surface area contributed by atoms with Crippen LogP contribution < -0.4 is 9.47 Å². The fraction of sp³-hybridized carbons (Fsp3) is 0.462. The van der Waals surface area contributed by atoms with E-state index >= 15 is 0 Å². The molecule has 0 aromatic heterocycles. The molecule has 1 aliphatic heterocycles. The van der Waals surface area contributed by atoms with Gasteiger partial charge in [-0.3, -0.25) is 4.79 Å². The Kier molecular flexibility index (Phi) is 4.47. The third kappa shape index (κ3) is 3.16. The molecule has 98 valence electrons. The van der Waals surface area contributed by atoms with Crippen LogP contribution in [-0.2, 0) is 16.1 Å². The number of halogens is 1. The van der Waals surface area contributed by atoms with Crippen molar-refractivity contribution < 1.29 is 19.0 Å². The molecule has 1 aromatic rings. The Hall–Kier alpha value is -1.23. The molecule has 0 unspecified atom stereocenters. The van der Waals surface area contributed by atoms with Crippen molar-refractivity contribution in [3.8, 4) is 11.5 Å². The summed E-state index contributed by atoms with van der Waals surface area (Å²) < 4.78 is 17.0. The van der Waals surface area contributed by atoms with Gasteiger partial charge in [0.2, 0.25) is 0 Å². The Morgan fingerprint density at radius 3 is 2.67 bits per heavy atom. The van der Waals surface area contributed by atoms with Crippen LogP contribution >= 0.6 is 15.9 Å². The van der Waals surface area contributed by atoms with Crippen LogP contribution in [0.4, 0.5) is 0 Å². The van der Waals surface area contributed by atoms with E-state index in [0.717, 1.165) is 22.2 Å². The summed E-state index contributed by atoms with van der Waals surface area (Å²) in [7, 11) is 0. The van der Waals surface area contributed by atoms with E-state index in [9.17, 15) is 4.79 Å². The number of benzene rings is 1. The Labute approximate surface area is 114 Å². The zero-order chi connectivity index (χ0) is 13.0. The monoisotopic (exact) mass is 314 g/mol. The van der Waals surface area contributed by atoms with Gasteiger partial charge in [0.15, 0.2) is 11.5 Å². The lowest BCUT2D eigenvalue weighted by atomic mass is 10.2. The van der Waals surface area contributed by atoms with E-state index < -0.39 is 0 Å². The average molecular weight is 315 g/mol. The Morgan fingerprint density at radius 1 is 1.33 bits per heavy atom. The highest BCUT2D eigenvalue weighted by Crippen LogP contribution is 2.35. The van der Waals surface area contributed by atoms with Crippen molar-refractivity contribution in [3.05, 3.63) is 22.2 Å². The molecule has 1 aromatic carbocycles. The predicted molar refractivity (Wildman–Crippen MR) is 69.8 cm³/mol. The second kappa shape index (κ2) is 6.09. The van der Waals surface area contributed by atoms with Gasteiger partial charge in [0.05, 0.1) is 0 Å². The molecule has 0 saturated carbocycles. The van der Waals surface area contributed by atoms with Gasteiger partial charge in [0.25, 0.3) is 0 Å². The zero-order valence-corrected chi connectivity index (χ0v) is 11.8. The van der Waals surface area contributed by atoms with Gasteiger partial charge in [0.1, 0.15) is 19.8 Å². The lowest BCUT2D eigenvalue weighted by molar-refractivity contribution is -0.145. The minimum absolute atomic E-state index is 0.181. The quantitative estimate of drug-likeness (QED) is 0.801. The van der Waals surface area contributed by atoms with Gasteiger partial charge in [-0.25, -0.2) is 0 Å². The fourth-order valence-corrected chi connectivity index (χ4v) is 2.09. The van der Waals surface area contributed by atoms with Gasteiger partial charge in [-0.2, -0.15) is 0 Å². The number of ether oxygens (including phenoxy) is 3. The van der Waals surface area contributed by atoms with Gasteiger partial charge in [-0.1, -0.05) is 22.9 Å². The first kappa shape index (κ1) is 13.2. The van der Waals surface area contributed by atoms with Gasteiger partial charge < -0.3 is 14.2 Å². The molecular formula is C13H15BrO4. The molecule has 1 aliphatic rings. The molecule has 0 amide bonds. The smallest absolute Gasteiger partial charge is 0.306 e. The van der Waals surface area contributed by atoms with Gasteiger partial charge in [-0.05, 0) is 18.6 Å². The first-order valence-corrected chi connectivity index (χ1v) is 6.73. The summed E-state index contributed by atoms with van der Waals surface area (Å²) in [5.41, 5.74) is 0.878. The predicted octanol–water partition coefficient (Wildman–Crippen LogP) is 3.06. The summed E-state index contributed by atoms with van der Waals surface area (Å²) in [6.45, 7) is 3.30. The maximum atomic E-state index is 11.3. The first-order chi connectivity index (χ1) is 8.70. The highest BCUT2D eigenvalue weighted by Gasteiger charge is 2.15. The Balaban J connectivity index is 2.06. The van der Waals surface area contributed by atoms with Crippen molar-refractivity contribution in [2.45, 2.75) is 26.4 Å². The molecule has 18 heavy (non-hydrogen) atoms. The van der Waals surface area contributed by atoms with Gasteiger partial charge in [0, 0.05) is 16.5 Å². The molecule has 2 rings (SSSR count). The molecule has 4 nitrogen and oxygen atoms in total.